The van der Waals surface area contributed by atoms with Crippen LogP contribution in [0.25, 0.3) is 0 Å². The fraction of sp³-hybridized carbons (Fsp3) is 0.300. The van der Waals surface area contributed by atoms with Crippen molar-refractivity contribution in [2.45, 2.75) is 31.9 Å². The minimum Gasteiger partial charge on any atom is -0.444 e. The van der Waals surface area contributed by atoms with Crippen LogP contribution in [-0.4, -0.2) is 17.9 Å². The first-order chi connectivity index (χ1) is 12.1. The number of benzene rings is 2. The van der Waals surface area contributed by atoms with Gasteiger partial charge in [-0.3, -0.25) is 9.69 Å². The van der Waals surface area contributed by atoms with Crippen LogP contribution in [0.4, 0.5) is 14.9 Å². The predicted octanol–water partition coefficient (Wildman–Crippen LogP) is 4.33. The van der Waals surface area contributed by atoms with Gasteiger partial charge in [-0.15, -0.1) is 0 Å². The monoisotopic (exact) mass is 339 g/mol. The summed E-state index contributed by atoms with van der Waals surface area (Å²) >= 11 is 0. The first-order valence-electron chi connectivity index (χ1n) is 8.49. The Morgan fingerprint density at radius 1 is 1.16 bits per heavy atom. The summed E-state index contributed by atoms with van der Waals surface area (Å²) in [7, 11) is 0. The van der Waals surface area contributed by atoms with Gasteiger partial charge in [0.2, 0.25) is 0 Å². The summed E-state index contributed by atoms with van der Waals surface area (Å²) in [5, 5.41) is 0. The van der Waals surface area contributed by atoms with Crippen LogP contribution in [-0.2, 0) is 11.3 Å². The SMILES string of the molecule is O=C1c2ccc(F)cc2N(C(=O)OCc2ccccc2)[C@@H]2CCC[C@H]12. The first-order valence-corrected chi connectivity index (χ1v) is 8.49. The van der Waals surface area contributed by atoms with E-state index in [1.807, 2.05) is 30.3 Å². The van der Waals surface area contributed by atoms with E-state index in [0.717, 1.165) is 24.8 Å². The number of Topliss-reactive ketones (excluding diaryl/α,β-unsaturated/α-hetero) is 1. The van der Waals surface area contributed by atoms with Gasteiger partial charge in [0.15, 0.2) is 5.78 Å². The Morgan fingerprint density at radius 2 is 1.96 bits per heavy atom. The molecule has 25 heavy (non-hydrogen) atoms. The molecule has 1 aliphatic carbocycles. The molecule has 0 aromatic heterocycles. The molecule has 1 saturated carbocycles. The molecule has 2 aromatic carbocycles. The molecule has 1 amide bonds. The maximum absolute atomic E-state index is 13.8. The van der Waals surface area contributed by atoms with Gasteiger partial charge in [-0.1, -0.05) is 36.8 Å². The Hall–Kier alpha value is -2.69. The molecule has 4 nitrogen and oxygen atoms in total. The normalized spacial score (nSPS) is 21.6. The van der Waals surface area contributed by atoms with E-state index in [1.165, 1.54) is 23.1 Å². The highest BCUT2D eigenvalue weighted by molar-refractivity contribution is 6.09. The van der Waals surface area contributed by atoms with Gasteiger partial charge in [0.1, 0.15) is 12.4 Å². The summed E-state index contributed by atoms with van der Waals surface area (Å²) in [6.07, 6.45) is 1.83. The van der Waals surface area contributed by atoms with E-state index in [9.17, 15) is 14.0 Å². The second-order valence-electron chi connectivity index (χ2n) is 6.54. The lowest BCUT2D eigenvalue weighted by Crippen LogP contribution is -2.49. The number of halogens is 1. The van der Waals surface area contributed by atoms with Crippen LogP contribution in [0.15, 0.2) is 48.5 Å². The number of rotatable bonds is 2. The molecule has 1 fully saturated rings. The van der Waals surface area contributed by atoms with Crippen LogP contribution in [0.1, 0.15) is 35.2 Å². The highest BCUT2D eigenvalue weighted by Crippen LogP contribution is 2.42. The maximum atomic E-state index is 13.8. The van der Waals surface area contributed by atoms with Crippen molar-refractivity contribution in [2.24, 2.45) is 5.92 Å². The molecule has 0 bridgehead atoms. The highest BCUT2D eigenvalue weighted by Gasteiger charge is 2.46. The van der Waals surface area contributed by atoms with Gasteiger partial charge >= 0.3 is 6.09 Å². The number of ketones is 1. The van der Waals surface area contributed by atoms with Crippen LogP contribution in [0.5, 0.6) is 0 Å². The molecule has 0 radical (unpaired) electrons. The molecule has 128 valence electrons. The molecule has 1 heterocycles. The number of carbonyl (C=O) groups is 2. The van der Waals surface area contributed by atoms with Crippen molar-refractivity contribution < 1.29 is 18.7 Å². The van der Waals surface area contributed by atoms with E-state index >= 15 is 0 Å². The predicted molar refractivity (Wildman–Crippen MR) is 91.0 cm³/mol. The largest absolute Gasteiger partial charge is 0.444 e. The Bertz CT molecular complexity index is 821. The fourth-order valence-corrected chi connectivity index (χ4v) is 3.87. The van der Waals surface area contributed by atoms with Crippen LogP contribution in [0.3, 0.4) is 0 Å². The van der Waals surface area contributed by atoms with Gasteiger partial charge in [0, 0.05) is 11.5 Å². The molecule has 4 rings (SSSR count). The lowest BCUT2D eigenvalue weighted by Gasteiger charge is -2.37. The van der Waals surface area contributed by atoms with Crippen LogP contribution >= 0.6 is 0 Å². The molecule has 0 saturated heterocycles. The van der Waals surface area contributed by atoms with Gasteiger partial charge in [0.05, 0.1) is 11.7 Å². The van der Waals surface area contributed by atoms with E-state index < -0.39 is 11.9 Å². The third kappa shape index (κ3) is 2.80. The van der Waals surface area contributed by atoms with Crippen molar-refractivity contribution in [1.29, 1.82) is 0 Å². The van der Waals surface area contributed by atoms with Gasteiger partial charge in [-0.25, -0.2) is 9.18 Å². The third-order valence-electron chi connectivity index (χ3n) is 5.03. The first kappa shape index (κ1) is 15.8. The number of fused-ring (bicyclic) bond motifs is 2. The smallest absolute Gasteiger partial charge is 0.414 e. The molecule has 0 spiro atoms. The second-order valence-corrected chi connectivity index (χ2v) is 6.54. The minimum absolute atomic E-state index is 0.00427. The average Bonchev–Trinajstić information content (AvgIpc) is 3.10. The van der Waals surface area contributed by atoms with E-state index in [-0.39, 0.29) is 24.3 Å². The molecule has 0 N–H and O–H groups in total. The molecule has 2 aromatic rings. The summed E-state index contributed by atoms with van der Waals surface area (Å²) < 4.78 is 19.2. The second kappa shape index (κ2) is 6.31. The van der Waals surface area contributed by atoms with Crippen molar-refractivity contribution in [1.82, 2.24) is 0 Å². The number of anilines is 1. The van der Waals surface area contributed by atoms with Crippen LogP contribution in [0.2, 0.25) is 0 Å². The Labute approximate surface area is 145 Å². The molecule has 2 aliphatic rings. The van der Waals surface area contributed by atoms with Crippen molar-refractivity contribution in [3.63, 3.8) is 0 Å². The zero-order valence-electron chi connectivity index (χ0n) is 13.7. The quantitative estimate of drug-likeness (QED) is 0.818. The average molecular weight is 339 g/mol. The summed E-state index contributed by atoms with van der Waals surface area (Å²) in [6, 6.07) is 13.1. The van der Waals surface area contributed by atoms with Gasteiger partial charge in [-0.2, -0.15) is 0 Å². The lowest BCUT2D eigenvalue weighted by molar-refractivity contribution is 0.0895. The van der Waals surface area contributed by atoms with Crippen molar-refractivity contribution in [2.75, 3.05) is 4.90 Å². The number of ether oxygens (including phenoxy) is 1. The van der Waals surface area contributed by atoms with Crippen molar-refractivity contribution >= 4 is 17.6 Å². The lowest BCUT2D eigenvalue weighted by atomic mass is 9.86. The zero-order chi connectivity index (χ0) is 17.4. The molecule has 5 heteroatoms. The number of amides is 1. The molecule has 2 atom stereocenters. The maximum Gasteiger partial charge on any atom is 0.414 e. The summed E-state index contributed by atoms with van der Waals surface area (Å²) in [6.45, 7) is 0.145. The summed E-state index contributed by atoms with van der Waals surface area (Å²) in [4.78, 5) is 26.9. The minimum atomic E-state index is -0.528. The van der Waals surface area contributed by atoms with Gasteiger partial charge < -0.3 is 4.74 Å². The molecule has 0 unspecified atom stereocenters. The molecule has 1 aliphatic heterocycles. The topological polar surface area (TPSA) is 46.6 Å². The Morgan fingerprint density at radius 3 is 2.76 bits per heavy atom. The summed E-state index contributed by atoms with van der Waals surface area (Å²) in [5.41, 5.74) is 1.61. The zero-order valence-corrected chi connectivity index (χ0v) is 13.7. The van der Waals surface area contributed by atoms with E-state index in [2.05, 4.69) is 0 Å². The number of nitrogens with zero attached hydrogens (tertiary/aromatic N) is 1. The molecular formula is C20H18FNO3. The van der Waals surface area contributed by atoms with E-state index in [1.54, 1.807) is 0 Å². The standard InChI is InChI=1S/C20H18FNO3/c21-14-9-10-16-18(11-14)22(17-8-4-7-15(17)19(16)23)20(24)25-12-13-5-2-1-3-6-13/h1-3,5-6,9-11,15,17H,4,7-8,12H2/t15-,17+/m0/s1. The van der Waals surface area contributed by atoms with E-state index in [0.29, 0.717) is 11.3 Å². The number of carbonyl (C=O) groups excluding carboxylic acids is 2. The highest BCUT2D eigenvalue weighted by atomic mass is 19.1. The van der Waals surface area contributed by atoms with Crippen LogP contribution in [0, 0.1) is 11.7 Å². The van der Waals surface area contributed by atoms with Gasteiger partial charge in [0.25, 0.3) is 0 Å². The third-order valence-corrected chi connectivity index (χ3v) is 5.03. The van der Waals surface area contributed by atoms with Gasteiger partial charge in [-0.05, 0) is 36.6 Å². The fourth-order valence-electron chi connectivity index (χ4n) is 3.87. The Kier molecular flexibility index (Phi) is 3.99. The van der Waals surface area contributed by atoms with E-state index in [4.69, 9.17) is 4.74 Å². The Balaban J connectivity index is 1.64. The number of hydrogen-bond donors (Lipinski definition) is 0. The molecular weight excluding hydrogens is 321 g/mol. The van der Waals surface area contributed by atoms with Crippen molar-refractivity contribution in [3.05, 3.63) is 65.5 Å². The van der Waals surface area contributed by atoms with Crippen LogP contribution < -0.4 is 4.90 Å². The summed E-state index contributed by atoms with van der Waals surface area (Å²) in [5.74, 6) is -0.685. The van der Waals surface area contributed by atoms with Crippen molar-refractivity contribution in [3.8, 4) is 0 Å². The number of hydrogen-bond acceptors (Lipinski definition) is 3.